The Morgan fingerprint density at radius 3 is 3.12 bits per heavy atom. The minimum atomic E-state index is -0.432. The minimum Gasteiger partial charge on any atom is -0.450 e. The molecule has 92 valence electrons. The van der Waals surface area contributed by atoms with Crippen molar-refractivity contribution in [2.45, 2.75) is 50.8 Å². The van der Waals surface area contributed by atoms with Crippen molar-refractivity contribution in [1.82, 2.24) is 4.90 Å². The van der Waals surface area contributed by atoms with Crippen molar-refractivity contribution >= 4 is 5.97 Å². The van der Waals surface area contributed by atoms with Gasteiger partial charge in [-0.1, -0.05) is 18.6 Å². The second kappa shape index (κ2) is 3.70. The van der Waals surface area contributed by atoms with Crippen LogP contribution in [0.1, 0.15) is 33.1 Å². The molecule has 1 fully saturated rings. The quantitative estimate of drug-likeness (QED) is 0.600. The van der Waals surface area contributed by atoms with Gasteiger partial charge in [0.1, 0.15) is 0 Å². The zero-order chi connectivity index (χ0) is 12.0. The van der Waals surface area contributed by atoms with E-state index in [4.69, 9.17) is 4.74 Å². The van der Waals surface area contributed by atoms with Crippen molar-refractivity contribution in [3.05, 3.63) is 23.8 Å². The molecule has 0 aromatic rings. The van der Waals surface area contributed by atoms with E-state index in [0.717, 1.165) is 18.5 Å². The van der Waals surface area contributed by atoms with E-state index >= 15 is 0 Å². The van der Waals surface area contributed by atoms with E-state index < -0.39 is 5.60 Å². The second-order valence-corrected chi connectivity index (χ2v) is 5.48. The highest BCUT2D eigenvalue weighted by Gasteiger charge is 2.49. The molecule has 3 rings (SSSR count). The van der Waals surface area contributed by atoms with Crippen LogP contribution in [0.15, 0.2) is 23.8 Å². The molecule has 0 saturated carbocycles. The van der Waals surface area contributed by atoms with E-state index in [1.54, 1.807) is 6.08 Å². The molecule has 3 atom stereocenters. The van der Waals surface area contributed by atoms with Gasteiger partial charge in [0.2, 0.25) is 0 Å². The van der Waals surface area contributed by atoms with Crippen LogP contribution in [0.25, 0.3) is 0 Å². The lowest BCUT2D eigenvalue weighted by atomic mass is 9.83. The number of hydrogen-bond acceptors (Lipinski definition) is 3. The van der Waals surface area contributed by atoms with E-state index in [2.05, 4.69) is 30.9 Å². The fourth-order valence-electron chi connectivity index (χ4n) is 3.43. The molecule has 3 heterocycles. The molecule has 1 unspecified atom stereocenters. The van der Waals surface area contributed by atoms with Crippen LogP contribution in [-0.4, -0.2) is 35.1 Å². The van der Waals surface area contributed by atoms with Gasteiger partial charge in [-0.15, -0.1) is 0 Å². The van der Waals surface area contributed by atoms with Gasteiger partial charge in [0, 0.05) is 17.7 Å². The van der Waals surface area contributed by atoms with Gasteiger partial charge in [0.05, 0.1) is 6.04 Å². The number of carbonyl (C=O) groups excluding carboxylic acids is 1. The minimum absolute atomic E-state index is 0.188. The normalized spacial score (nSPS) is 41.3. The maximum absolute atomic E-state index is 11.5. The molecule has 3 aliphatic heterocycles. The first kappa shape index (κ1) is 11.0. The lowest BCUT2D eigenvalue weighted by Gasteiger charge is -2.45. The molecule has 3 aliphatic rings. The lowest BCUT2D eigenvalue weighted by Crippen LogP contribution is -2.55. The Hall–Kier alpha value is -1.09. The summed E-state index contributed by atoms with van der Waals surface area (Å²) in [5.74, 6) is -0.188. The third kappa shape index (κ3) is 1.56. The summed E-state index contributed by atoms with van der Waals surface area (Å²) < 4.78 is 5.63. The predicted molar refractivity (Wildman–Crippen MR) is 65.5 cm³/mol. The van der Waals surface area contributed by atoms with Gasteiger partial charge in [-0.3, -0.25) is 4.90 Å². The number of carbonyl (C=O) groups is 1. The summed E-state index contributed by atoms with van der Waals surface area (Å²) in [5.41, 5.74) is 0.613. The summed E-state index contributed by atoms with van der Waals surface area (Å²) in [7, 11) is 0. The predicted octanol–water partition coefficient (Wildman–Crippen LogP) is 2.04. The Kier molecular flexibility index (Phi) is 2.40. The third-order valence-corrected chi connectivity index (χ3v) is 4.42. The Bertz CT molecular complexity index is 412. The molecular formula is C14H19NO2. The van der Waals surface area contributed by atoms with E-state index in [-0.39, 0.29) is 5.97 Å². The molecule has 0 N–H and O–H groups in total. The smallest absolute Gasteiger partial charge is 0.332 e. The fourth-order valence-corrected chi connectivity index (χ4v) is 3.43. The molecule has 1 saturated heterocycles. The topological polar surface area (TPSA) is 29.5 Å². The van der Waals surface area contributed by atoms with Crippen molar-refractivity contribution < 1.29 is 9.53 Å². The highest BCUT2D eigenvalue weighted by molar-refractivity contribution is 5.88. The Morgan fingerprint density at radius 2 is 2.29 bits per heavy atom. The molecule has 0 aromatic carbocycles. The molecule has 0 bridgehead atoms. The van der Waals surface area contributed by atoms with Crippen molar-refractivity contribution in [3.8, 4) is 0 Å². The monoisotopic (exact) mass is 233 g/mol. The summed E-state index contributed by atoms with van der Waals surface area (Å²) in [6.45, 7) is 5.40. The third-order valence-electron chi connectivity index (χ3n) is 4.42. The van der Waals surface area contributed by atoms with E-state index in [0.29, 0.717) is 12.1 Å². The number of fused-ring (bicyclic) bond motifs is 3. The van der Waals surface area contributed by atoms with Crippen LogP contribution in [0.5, 0.6) is 0 Å². The highest BCUT2D eigenvalue weighted by atomic mass is 16.6. The number of hydrogen-bond donors (Lipinski definition) is 0. The van der Waals surface area contributed by atoms with E-state index in [1.165, 1.54) is 12.8 Å². The van der Waals surface area contributed by atoms with Gasteiger partial charge in [-0.2, -0.15) is 0 Å². The van der Waals surface area contributed by atoms with Crippen LogP contribution in [0, 0.1) is 0 Å². The number of piperidine rings is 1. The zero-order valence-corrected chi connectivity index (χ0v) is 10.5. The van der Waals surface area contributed by atoms with Crippen LogP contribution in [0.3, 0.4) is 0 Å². The van der Waals surface area contributed by atoms with Gasteiger partial charge in [-0.25, -0.2) is 4.79 Å². The molecule has 0 radical (unpaired) electrons. The maximum atomic E-state index is 11.5. The average Bonchev–Trinajstić information content (AvgIpc) is 2.57. The molecule has 0 amide bonds. The SMILES string of the molecule is C[C@H]1C=CC2=CC(=O)OC2(C)[C@H]2CCCCN12. The summed E-state index contributed by atoms with van der Waals surface area (Å²) >= 11 is 0. The highest BCUT2D eigenvalue weighted by Crippen LogP contribution is 2.41. The molecule has 0 aromatic heterocycles. The van der Waals surface area contributed by atoms with Gasteiger partial charge in [-0.05, 0) is 33.2 Å². The molecule has 3 nitrogen and oxygen atoms in total. The average molecular weight is 233 g/mol. The van der Waals surface area contributed by atoms with Crippen LogP contribution in [-0.2, 0) is 9.53 Å². The summed E-state index contributed by atoms with van der Waals surface area (Å²) in [4.78, 5) is 14.0. The molecular weight excluding hydrogens is 214 g/mol. The Morgan fingerprint density at radius 1 is 1.47 bits per heavy atom. The lowest BCUT2D eigenvalue weighted by molar-refractivity contribution is -0.151. The fraction of sp³-hybridized carbons (Fsp3) is 0.643. The Balaban J connectivity index is 2.04. The van der Waals surface area contributed by atoms with E-state index in [1.807, 2.05) is 0 Å². The van der Waals surface area contributed by atoms with Gasteiger partial charge < -0.3 is 4.74 Å². The molecule has 0 spiro atoms. The van der Waals surface area contributed by atoms with Crippen LogP contribution >= 0.6 is 0 Å². The van der Waals surface area contributed by atoms with Crippen molar-refractivity contribution in [3.63, 3.8) is 0 Å². The Labute approximate surface area is 102 Å². The summed E-state index contributed by atoms with van der Waals surface area (Å²) in [6.07, 6.45) is 9.52. The van der Waals surface area contributed by atoms with Gasteiger partial charge in [0.15, 0.2) is 5.60 Å². The van der Waals surface area contributed by atoms with Crippen molar-refractivity contribution in [2.75, 3.05) is 6.54 Å². The van der Waals surface area contributed by atoms with Crippen molar-refractivity contribution in [1.29, 1.82) is 0 Å². The molecule has 3 heteroatoms. The molecule has 17 heavy (non-hydrogen) atoms. The first-order valence-corrected chi connectivity index (χ1v) is 6.50. The zero-order valence-electron chi connectivity index (χ0n) is 10.5. The second-order valence-electron chi connectivity index (χ2n) is 5.48. The standard InChI is InChI=1S/C14H19NO2/c1-10-6-7-11-9-13(16)17-14(11,2)12-5-3-4-8-15(10)12/h6-7,9-10,12H,3-5,8H2,1-2H3/t10-,12+,14?/m0/s1. The van der Waals surface area contributed by atoms with E-state index in [9.17, 15) is 4.79 Å². The van der Waals surface area contributed by atoms with Gasteiger partial charge in [0.25, 0.3) is 0 Å². The number of esters is 1. The van der Waals surface area contributed by atoms with Gasteiger partial charge >= 0.3 is 5.97 Å². The first-order chi connectivity index (χ1) is 8.11. The number of nitrogens with zero attached hydrogens (tertiary/aromatic N) is 1. The first-order valence-electron chi connectivity index (χ1n) is 6.50. The van der Waals surface area contributed by atoms with Crippen LogP contribution in [0.4, 0.5) is 0 Å². The number of rotatable bonds is 0. The molecule has 0 aliphatic carbocycles. The number of ether oxygens (including phenoxy) is 1. The largest absolute Gasteiger partial charge is 0.450 e. The van der Waals surface area contributed by atoms with Crippen LogP contribution < -0.4 is 0 Å². The van der Waals surface area contributed by atoms with Crippen molar-refractivity contribution in [2.24, 2.45) is 0 Å². The maximum Gasteiger partial charge on any atom is 0.332 e. The summed E-state index contributed by atoms with van der Waals surface area (Å²) in [6, 6.07) is 0.765. The summed E-state index contributed by atoms with van der Waals surface area (Å²) in [5, 5.41) is 0. The van der Waals surface area contributed by atoms with Crippen LogP contribution in [0.2, 0.25) is 0 Å².